The van der Waals surface area contributed by atoms with Crippen molar-refractivity contribution in [2.24, 2.45) is 0 Å². The molecule has 1 heterocycles. The Hall–Kier alpha value is -1.00. The summed E-state index contributed by atoms with van der Waals surface area (Å²) in [6, 6.07) is 3.14. The molecule has 1 aromatic heterocycles. The topological polar surface area (TPSA) is 36.7 Å². The summed E-state index contributed by atoms with van der Waals surface area (Å²) in [6.45, 7) is 1.47. The summed E-state index contributed by atoms with van der Waals surface area (Å²) in [5, 5.41) is 0.236. The Morgan fingerprint density at radius 1 is 1.33 bits per heavy atom. The third kappa shape index (κ3) is 3.57. The highest BCUT2D eigenvalue weighted by Gasteiger charge is 2.15. The molecule has 0 saturated carbocycles. The van der Waals surface area contributed by atoms with Crippen LogP contribution in [-0.4, -0.2) is 49.9 Å². The van der Waals surface area contributed by atoms with Crippen LogP contribution in [-0.2, 0) is 0 Å². The fourth-order valence-electron chi connectivity index (χ4n) is 1.07. The van der Waals surface area contributed by atoms with Crippen molar-refractivity contribution in [1.82, 2.24) is 9.80 Å². The number of likely N-dealkylation sites (N-methyl/N-ethyl adjacent to an activating group) is 2. The molecule has 0 fully saturated rings. The van der Waals surface area contributed by atoms with E-state index in [2.05, 4.69) is 0 Å². The lowest BCUT2D eigenvalue weighted by Gasteiger charge is -2.18. The fraction of sp³-hybridized carbons (Fsp3) is 0.500. The molecule has 0 saturated heterocycles. The molecule has 5 heteroatoms. The van der Waals surface area contributed by atoms with Gasteiger partial charge in [0, 0.05) is 20.1 Å². The molecule has 4 nitrogen and oxygen atoms in total. The van der Waals surface area contributed by atoms with E-state index in [9.17, 15) is 4.79 Å². The maximum absolute atomic E-state index is 11.7. The van der Waals surface area contributed by atoms with E-state index < -0.39 is 0 Å². The maximum atomic E-state index is 11.7. The summed E-state index contributed by atoms with van der Waals surface area (Å²) in [7, 11) is 5.66. The van der Waals surface area contributed by atoms with E-state index >= 15 is 0 Å². The quantitative estimate of drug-likeness (QED) is 0.788. The molecule has 0 bridgehead atoms. The van der Waals surface area contributed by atoms with Crippen molar-refractivity contribution in [1.29, 1.82) is 0 Å². The van der Waals surface area contributed by atoms with Gasteiger partial charge in [0.1, 0.15) is 0 Å². The SMILES string of the molecule is CN(C)CCN(C)C(=O)c1ccc(Cl)o1. The molecular formula is C10H15ClN2O2. The van der Waals surface area contributed by atoms with Gasteiger partial charge in [-0.1, -0.05) is 0 Å². The van der Waals surface area contributed by atoms with Gasteiger partial charge in [0.15, 0.2) is 11.0 Å². The smallest absolute Gasteiger partial charge is 0.289 e. The number of rotatable bonds is 4. The summed E-state index contributed by atoms with van der Waals surface area (Å²) in [5.74, 6) is 0.130. The molecule has 0 aliphatic carbocycles. The van der Waals surface area contributed by atoms with Gasteiger partial charge in [0.2, 0.25) is 0 Å². The van der Waals surface area contributed by atoms with E-state index in [0.29, 0.717) is 6.54 Å². The van der Waals surface area contributed by atoms with E-state index in [0.717, 1.165) is 6.54 Å². The zero-order valence-electron chi connectivity index (χ0n) is 9.16. The third-order valence-corrected chi connectivity index (χ3v) is 2.22. The van der Waals surface area contributed by atoms with Crippen molar-refractivity contribution in [2.45, 2.75) is 0 Å². The molecule has 1 amide bonds. The molecule has 0 atom stereocenters. The van der Waals surface area contributed by atoms with Gasteiger partial charge in [-0.2, -0.15) is 0 Å². The first-order valence-electron chi connectivity index (χ1n) is 4.66. The van der Waals surface area contributed by atoms with E-state index in [1.54, 1.807) is 24.1 Å². The van der Waals surface area contributed by atoms with Crippen LogP contribution in [0.1, 0.15) is 10.6 Å². The summed E-state index contributed by atoms with van der Waals surface area (Å²) >= 11 is 5.59. The van der Waals surface area contributed by atoms with Gasteiger partial charge < -0.3 is 14.2 Å². The maximum Gasteiger partial charge on any atom is 0.289 e. The number of amides is 1. The largest absolute Gasteiger partial charge is 0.440 e. The Balaban J connectivity index is 2.53. The number of furan rings is 1. The van der Waals surface area contributed by atoms with Gasteiger partial charge >= 0.3 is 0 Å². The summed E-state index contributed by atoms with van der Waals surface area (Å²) < 4.78 is 5.03. The second-order valence-electron chi connectivity index (χ2n) is 3.63. The van der Waals surface area contributed by atoms with Crippen LogP contribution in [0.5, 0.6) is 0 Å². The van der Waals surface area contributed by atoms with E-state index in [-0.39, 0.29) is 16.9 Å². The predicted molar refractivity (Wildman–Crippen MR) is 59.2 cm³/mol. The lowest BCUT2D eigenvalue weighted by molar-refractivity contribution is 0.0755. The number of hydrogen-bond acceptors (Lipinski definition) is 3. The lowest BCUT2D eigenvalue weighted by atomic mass is 10.4. The zero-order chi connectivity index (χ0) is 11.4. The van der Waals surface area contributed by atoms with Crippen LogP contribution < -0.4 is 0 Å². The van der Waals surface area contributed by atoms with Crippen molar-refractivity contribution in [3.63, 3.8) is 0 Å². The van der Waals surface area contributed by atoms with Crippen molar-refractivity contribution >= 4 is 17.5 Å². The molecule has 0 aromatic carbocycles. The van der Waals surface area contributed by atoms with Gasteiger partial charge in [0.05, 0.1) is 0 Å². The molecule has 15 heavy (non-hydrogen) atoms. The van der Waals surface area contributed by atoms with Crippen molar-refractivity contribution in [2.75, 3.05) is 34.2 Å². The van der Waals surface area contributed by atoms with Crippen molar-refractivity contribution < 1.29 is 9.21 Å². The first-order valence-corrected chi connectivity index (χ1v) is 5.04. The van der Waals surface area contributed by atoms with Crippen molar-refractivity contribution in [3.8, 4) is 0 Å². The number of hydrogen-bond donors (Lipinski definition) is 0. The minimum atomic E-state index is -0.149. The lowest BCUT2D eigenvalue weighted by Crippen LogP contribution is -2.33. The van der Waals surface area contributed by atoms with E-state index in [4.69, 9.17) is 16.0 Å². The van der Waals surface area contributed by atoms with Gasteiger partial charge in [-0.3, -0.25) is 4.79 Å². The van der Waals surface area contributed by atoms with Gasteiger partial charge in [-0.15, -0.1) is 0 Å². The summed E-state index contributed by atoms with van der Waals surface area (Å²) in [6.07, 6.45) is 0. The highest BCUT2D eigenvalue weighted by molar-refractivity contribution is 6.29. The number of carbonyl (C=O) groups is 1. The summed E-state index contributed by atoms with van der Waals surface area (Å²) in [5.41, 5.74) is 0. The van der Waals surface area contributed by atoms with Crippen molar-refractivity contribution in [3.05, 3.63) is 23.1 Å². The summed E-state index contributed by atoms with van der Waals surface area (Å²) in [4.78, 5) is 15.3. The third-order valence-electron chi connectivity index (χ3n) is 2.01. The second kappa shape index (κ2) is 5.19. The molecule has 84 valence electrons. The Bertz CT molecular complexity index is 336. The van der Waals surface area contributed by atoms with E-state index in [1.807, 2.05) is 19.0 Å². The van der Waals surface area contributed by atoms with Gasteiger partial charge in [-0.05, 0) is 37.8 Å². The Labute approximate surface area is 94.4 Å². The van der Waals surface area contributed by atoms with Gasteiger partial charge in [0.25, 0.3) is 5.91 Å². The molecule has 0 spiro atoms. The number of halogens is 1. The Kier molecular flexibility index (Phi) is 4.17. The molecule has 0 aliphatic heterocycles. The Morgan fingerprint density at radius 2 is 2.00 bits per heavy atom. The fourth-order valence-corrected chi connectivity index (χ4v) is 1.22. The van der Waals surface area contributed by atoms with Crippen LogP contribution >= 0.6 is 11.6 Å². The highest BCUT2D eigenvalue weighted by Crippen LogP contribution is 2.14. The molecule has 1 rings (SSSR count). The number of nitrogens with zero attached hydrogens (tertiary/aromatic N) is 2. The molecule has 0 N–H and O–H groups in total. The molecule has 1 aromatic rings. The predicted octanol–water partition coefficient (Wildman–Crippen LogP) is 1.57. The highest BCUT2D eigenvalue weighted by atomic mass is 35.5. The van der Waals surface area contributed by atoms with Crippen LogP contribution in [0.25, 0.3) is 0 Å². The van der Waals surface area contributed by atoms with Crippen LogP contribution in [0.4, 0.5) is 0 Å². The number of carbonyl (C=O) groups excluding carboxylic acids is 1. The van der Waals surface area contributed by atoms with E-state index in [1.165, 1.54) is 0 Å². The van der Waals surface area contributed by atoms with Crippen LogP contribution in [0.15, 0.2) is 16.5 Å². The average molecular weight is 231 g/mol. The average Bonchev–Trinajstić information content (AvgIpc) is 2.60. The monoisotopic (exact) mass is 230 g/mol. The van der Waals surface area contributed by atoms with Gasteiger partial charge in [-0.25, -0.2) is 0 Å². The van der Waals surface area contributed by atoms with Crippen LogP contribution in [0.2, 0.25) is 5.22 Å². The molecule has 0 aliphatic rings. The second-order valence-corrected chi connectivity index (χ2v) is 4.01. The Morgan fingerprint density at radius 3 is 2.47 bits per heavy atom. The normalized spacial score (nSPS) is 10.7. The minimum Gasteiger partial charge on any atom is -0.440 e. The standard InChI is InChI=1S/C10H15ClN2O2/c1-12(2)6-7-13(3)10(14)8-4-5-9(11)15-8/h4-5H,6-7H2,1-3H3. The first kappa shape index (κ1) is 12.1. The molecule has 0 unspecified atom stereocenters. The minimum absolute atomic E-state index is 0.149. The zero-order valence-corrected chi connectivity index (χ0v) is 9.91. The van der Waals surface area contributed by atoms with Crippen LogP contribution in [0.3, 0.4) is 0 Å². The van der Waals surface area contributed by atoms with Crippen LogP contribution in [0, 0.1) is 0 Å². The molecule has 0 radical (unpaired) electrons. The molecular weight excluding hydrogens is 216 g/mol. The first-order chi connectivity index (χ1) is 7.00.